The molecule has 36 heavy (non-hydrogen) atoms. The standard InChI is InChI=1S/C27H25N5O3S/c33-25-13-7-5-11-23(25)30-27-29-15-18-14-28-16-21(26(18)31-27)22-17-32(24-12-6-4-10-20(22)24)36(34,35)19-8-2-1-3-9-19/h1-4,6,8-10,12,14-17,23,25,33H,5,7,11,13H2,(H,29,30,31)/t23-,25+/m0/s1. The third kappa shape index (κ3) is 3.90. The van der Waals surface area contributed by atoms with Crippen molar-refractivity contribution in [1.82, 2.24) is 18.9 Å². The number of hydrogen-bond donors (Lipinski definition) is 2. The summed E-state index contributed by atoms with van der Waals surface area (Å²) in [6.07, 6.45) is 9.99. The molecule has 182 valence electrons. The van der Waals surface area contributed by atoms with Crippen LogP contribution in [0.15, 0.2) is 84.3 Å². The Labute approximate surface area is 208 Å². The second-order valence-electron chi connectivity index (χ2n) is 9.09. The summed E-state index contributed by atoms with van der Waals surface area (Å²) in [6, 6.07) is 15.7. The molecule has 0 unspecified atom stereocenters. The Morgan fingerprint density at radius 3 is 2.53 bits per heavy atom. The van der Waals surface area contributed by atoms with Gasteiger partial charge in [-0.1, -0.05) is 49.2 Å². The van der Waals surface area contributed by atoms with Crippen LogP contribution in [0.4, 0.5) is 5.95 Å². The minimum Gasteiger partial charge on any atom is -0.391 e. The summed E-state index contributed by atoms with van der Waals surface area (Å²) in [5, 5.41) is 15.2. The Hall–Kier alpha value is -3.82. The number of benzene rings is 2. The lowest BCUT2D eigenvalue weighted by molar-refractivity contribution is 0.116. The first-order valence-corrected chi connectivity index (χ1v) is 13.4. The maximum Gasteiger partial charge on any atom is 0.268 e. The molecular formula is C27H25N5O3S. The van der Waals surface area contributed by atoms with E-state index in [1.807, 2.05) is 18.2 Å². The number of anilines is 1. The first kappa shape index (κ1) is 22.6. The quantitative estimate of drug-likeness (QED) is 0.364. The molecule has 1 fully saturated rings. The van der Waals surface area contributed by atoms with Crippen LogP contribution in [0.5, 0.6) is 0 Å². The average molecular weight is 500 g/mol. The molecule has 5 aromatic rings. The van der Waals surface area contributed by atoms with Crippen molar-refractivity contribution in [1.29, 1.82) is 0 Å². The van der Waals surface area contributed by atoms with E-state index in [1.54, 1.807) is 61.2 Å². The van der Waals surface area contributed by atoms with Gasteiger partial charge in [0.15, 0.2) is 0 Å². The highest BCUT2D eigenvalue weighted by molar-refractivity contribution is 7.90. The predicted molar refractivity (Wildman–Crippen MR) is 139 cm³/mol. The van der Waals surface area contributed by atoms with E-state index in [9.17, 15) is 13.5 Å². The summed E-state index contributed by atoms with van der Waals surface area (Å²) in [5.74, 6) is 0.432. The smallest absolute Gasteiger partial charge is 0.268 e. The van der Waals surface area contributed by atoms with Crippen LogP contribution in [0.2, 0.25) is 0 Å². The second kappa shape index (κ2) is 9.00. The first-order chi connectivity index (χ1) is 17.5. The molecule has 6 rings (SSSR count). The van der Waals surface area contributed by atoms with E-state index in [-0.39, 0.29) is 10.9 Å². The molecule has 0 saturated heterocycles. The molecule has 0 spiro atoms. The number of nitrogens with one attached hydrogen (secondary N) is 1. The van der Waals surface area contributed by atoms with Crippen molar-refractivity contribution in [2.24, 2.45) is 0 Å². The molecular weight excluding hydrogens is 474 g/mol. The van der Waals surface area contributed by atoms with Crippen LogP contribution in [-0.2, 0) is 10.0 Å². The van der Waals surface area contributed by atoms with Crippen LogP contribution in [0.1, 0.15) is 25.7 Å². The van der Waals surface area contributed by atoms with Gasteiger partial charge in [-0.2, -0.15) is 0 Å². The molecule has 2 aromatic carbocycles. The maximum atomic E-state index is 13.6. The molecule has 3 heterocycles. The summed E-state index contributed by atoms with van der Waals surface area (Å²) in [4.78, 5) is 13.8. The van der Waals surface area contributed by atoms with Crippen LogP contribution in [0.3, 0.4) is 0 Å². The highest BCUT2D eigenvalue weighted by atomic mass is 32.2. The normalized spacial score (nSPS) is 18.5. The molecule has 1 aliphatic rings. The summed E-state index contributed by atoms with van der Waals surface area (Å²) in [5.41, 5.74) is 2.66. The number of pyridine rings is 1. The van der Waals surface area contributed by atoms with Gasteiger partial charge < -0.3 is 10.4 Å². The zero-order valence-corrected chi connectivity index (χ0v) is 20.3. The van der Waals surface area contributed by atoms with Crippen LogP contribution < -0.4 is 5.32 Å². The number of rotatable bonds is 5. The molecule has 0 aliphatic heterocycles. The van der Waals surface area contributed by atoms with Crippen LogP contribution in [-0.4, -0.2) is 44.6 Å². The minimum atomic E-state index is -3.82. The number of hydrogen-bond acceptors (Lipinski definition) is 7. The topological polar surface area (TPSA) is 110 Å². The first-order valence-electron chi connectivity index (χ1n) is 12.0. The van der Waals surface area contributed by atoms with Crippen molar-refractivity contribution in [2.45, 2.75) is 42.7 Å². The number of aromatic nitrogens is 4. The van der Waals surface area contributed by atoms with Gasteiger partial charge in [0.25, 0.3) is 10.0 Å². The van der Waals surface area contributed by atoms with Crippen molar-refractivity contribution in [3.63, 3.8) is 0 Å². The molecule has 8 nitrogen and oxygen atoms in total. The van der Waals surface area contributed by atoms with Crippen molar-refractivity contribution in [3.05, 3.63) is 79.4 Å². The summed E-state index contributed by atoms with van der Waals surface area (Å²) in [6.45, 7) is 0. The lowest BCUT2D eigenvalue weighted by Crippen LogP contribution is -2.36. The molecule has 3 aromatic heterocycles. The van der Waals surface area contributed by atoms with Crippen LogP contribution in [0.25, 0.3) is 32.9 Å². The SMILES string of the molecule is O=S(=O)(c1ccccc1)n1cc(-c2cncc3cnc(N[C@H]4CCCC[C@H]4O)nc23)c2ccccc21. The number of aliphatic hydroxyl groups is 1. The molecule has 0 radical (unpaired) electrons. The molecule has 1 saturated carbocycles. The van der Waals surface area contributed by atoms with E-state index in [4.69, 9.17) is 4.98 Å². The maximum absolute atomic E-state index is 13.6. The van der Waals surface area contributed by atoms with E-state index in [1.165, 1.54) is 3.97 Å². The van der Waals surface area contributed by atoms with E-state index in [0.29, 0.717) is 28.1 Å². The van der Waals surface area contributed by atoms with Crippen LogP contribution in [0, 0.1) is 0 Å². The van der Waals surface area contributed by atoms with Gasteiger partial charge in [0.2, 0.25) is 5.95 Å². The Kier molecular flexibility index (Phi) is 5.66. The largest absolute Gasteiger partial charge is 0.391 e. The van der Waals surface area contributed by atoms with Gasteiger partial charge in [-0.25, -0.2) is 22.4 Å². The number of para-hydroxylation sites is 1. The Morgan fingerprint density at radius 2 is 1.69 bits per heavy atom. The third-order valence-electron chi connectivity index (χ3n) is 6.80. The number of nitrogens with zero attached hydrogens (tertiary/aromatic N) is 4. The fraction of sp³-hybridized carbons (Fsp3) is 0.222. The molecule has 2 atom stereocenters. The van der Waals surface area contributed by atoms with Crippen molar-refractivity contribution in [3.8, 4) is 11.1 Å². The fourth-order valence-electron chi connectivity index (χ4n) is 4.94. The molecule has 0 bridgehead atoms. The zero-order chi connectivity index (χ0) is 24.7. The Bertz CT molecular complexity index is 1670. The lowest BCUT2D eigenvalue weighted by Gasteiger charge is -2.28. The van der Waals surface area contributed by atoms with Gasteiger partial charge in [0.05, 0.1) is 28.1 Å². The Balaban J connectivity index is 1.50. The van der Waals surface area contributed by atoms with E-state index >= 15 is 0 Å². The summed E-state index contributed by atoms with van der Waals surface area (Å²) in [7, 11) is -3.82. The highest BCUT2D eigenvalue weighted by Crippen LogP contribution is 2.36. The Morgan fingerprint density at radius 1 is 0.917 bits per heavy atom. The fourth-order valence-corrected chi connectivity index (χ4v) is 6.33. The minimum absolute atomic E-state index is 0.0978. The number of fused-ring (bicyclic) bond motifs is 2. The predicted octanol–water partition coefficient (Wildman–Crippen LogP) is 4.60. The summed E-state index contributed by atoms with van der Waals surface area (Å²) >= 11 is 0. The molecule has 9 heteroatoms. The van der Waals surface area contributed by atoms with E-state index < -0.39 is 16.1 Å². The average Bonchev–Trinajstić information content (AvgIpc) is 3.31. The monoisotopic (exact) mass is 499 g/mol. The molecule has 0 amide bonds. The van der Waals surface area contributed by atoms with Crippen molar-refractivity contribution >= 4 is 37.8 Å². The number of aliphatic hydroxyl groups excluding tert-OH is 1. The molecule has 1 aliphatic carbocycles. The zero-order valence-electron chi connectivity index (χ0n) is 19.4. The van der Waals surface area contributed by atoms with Gasteiger partial charge in [-0.3, -0.25) is 4.98 Å². The van der Waals surface area contributed by atoms with Gasteiger partial charge in [-0.15, -0.1) is 0 Å². The van der Waals surface area contributed by atoms with Crippen molar-refractivity contribution < 1.29 is 13.5 Å². The lowest BCUT2D eigenvalue weighted by atomic mass is 9.93. The highest BCUT2D eigenvalue weighted by Gasteiger charge is 2.25. The molecule has 2 N–H and O–H groups in total. The van der Waals surface area contributed by atoms with E-state index in [2.05, 4.69) is 15.3 Å². The van der Waals surface area contributed by atoms with Gasteiger partial charge in [0.1, 0.15) is 0 Å². The van der Waals surface area contributed by atoms with Crippen LogP contribution >= 0.6 is 0 Å². The third-order valence-corrected chi connectivity index (χ3v) is 8.49. The second-order valence-corrected chi connectivity index (χ2v) is 10.9. The van der Waals surface area contributed by atoms with Gasteiger partial charge in [0, 0.05) is 46.7 Å². The van der Waals surface area contributed by atoms with Crippen molar-refractivity contribution in [2.75, 3.05) is 5.32 Å². The van der Waals surface area contributed by atoms with Gasteiger partial charge in [-0.05, 0) is 31.0 Å². The van der Waals surface area contributed by atoms with Gasteiger partial charge >= 0.3 is 0 Å². The van der Waals surface area contributed by atoms with E-state index in [0.717, 1.165) is 36.5 Å². The summed E-state index contributed by atoms with van der Waals surface area (Å²) < 4.78 is 28.4.